The normalized spacial score (nSPS) is 14.3. The zero-order valence-electron chi connectivity index (χ0n) is 9.47. The van der Waals surface area contributed by atoms with Crippen LogP contribution in [0.3, 0.4) is 0 Å². The van der Waals surface area contributed by atoms with Gasteiger partial charge in [0.25, 0.3) is 0 Å². The third-order valence-electron chi connectivity index (χ3n) is 2.64. The fourth-order valence-electron chi connectivity index (χ4n) is 1.68. The van der Waals surface area contributed by atoms with Crippen LogP contribution in [0.2, 0.25) is 0 Å². The van der Waals surface area contributed by atoms with Gasteiger partial charge in [0, 0.05) is 28.9 Å². The van der Waals surface area contributed by atoms with Crippen LogP contribution in [0.5, 0.6) is 0 Å². The standard InChI is InChI=1S/C13H13BrN2O/c1-13(17,11-7-15-9-16-8-11)6-10-2-4-12(14)5-3-10/h2-5,7-9,17H,6H2,1H3. The minimum atomic E-state index is -0.949. The molecule has 0 aliphatic rings. The van der Waals surface area contributed by atoms with Crippen molar-refractivity contribution < 1.29 is 5.11 Å². The number of benzene rings is 1. The predicted molar refractivity (Wildman–Crippen MR) is 69.4 cm³/mol. The van der Waals surface area contributed by atoms with Crippen molar-refractivity contribution in [2.75, 3.05) is 0 Å². The van der Waals surface area contributed by atoms with Crippen LogP contribution in [0, 0.1) is 0 Å². The number of nitrogens with zero attached hydrogens (tertiary/aromatic N) is 2. The maximum absolute atomic E-state index is 10.4. The summed E-state index contributed by atoms with van der Waals surface area (Å²) in [5.74, 6) is 0. The number of hydrogen-bond donors (Lipinski definition) is 1. The largest absolute Gasteiger partial charge is 0.385 e. The molecule has 0 saturated heterocycles. The van der Waals surface area contributed by atoms with E-state index in [2.05, 4.69) is 25.9 Å². The van der Waals surface area contributed by atoms with Crippen LogP contribution < -0.4 is 0 Å². The molecule has 1 aromatic heterocycles. The number of halogens is 1. The van der Waals surface area contributed by atoms with Gasteiger partial charge < -0.3 is 5.11 Å². The number of aliphatic hydroxyl groups is 1. The number of hydrogen-bond acceptors (Lipinski definition) is 3. The van der Waals surface area contributed by atoms with Crippen molar-refractivity contribution in [3.05, 3.63) is 58.6 Å². The highest BCUT2D eigenvalue weighted by molar-refractivity contribution is 9.10. The van der Waals surface area contributed by atoms with Crippen molar-refractivity contribution in [2.45, 2.75) is 18.9 Å². The molecule has 1 unspecified atom stereocenters. The second-order valence-electron chi connectivity index (χ2n) is 4.20. The quantitative estimate of drug-likeness (QED) is 0.946. The first kappa shape index (κ1) is 12.2. The van der Waals surface area contributed by atoms with E-state index in [9.17, 15) is 5.11 Å². The van der Waals surface area contributed by atoms with Crippen molar-refractivity contribution in [3.8, 4) is 0 Å². The number of aromatic nitrogens is 2. The molecule has 1 atom stereocenters. The summed E-state index contributed by atoms with van der Waals surface area (Å²) in [6.45, 7) is 1.77. The van der Waals surface area contributed by atoms with Gasteiger partial charge in [-0.15, -0.1) is 0 Å². The van der Waals surface area contributed by atoms with Gasteiger partial charge in [-0.05, 0) is 24.6 Å². The average Bonchev–Trinajstić information content (AvgIpc) is 2.33. The Morgan fingerprint density at radius 2 is 1.76 bits per heavy atom. The topological polar surface area (TPSA) is 46.0 Å². The molecule has 1 aromatic carbocycles. The lowest BCUT2D eigenvalue weighted by Crippen LogP contribution is -2.24. The van der Waals surface area contributed by atoms with E-state index in [-0.39, 0.29) is 0 Å². The smallest absolute Gasteiger partial charge is 0.115 e. The summed E-state index contributed by atoms with van der Waals surface area (Å²) in [5, 5.41) is 10.4. The second kappa shape index (κ2) is 4.94. The Bertz CT molecular complexity index is 483. The monoisotopic (exact) mass is 292 g/mol. The first-order valence-electron chi connectivity index (χ1n) is 5.30. The van der Waals surface area contributed by atoms with E-state index in [1.807, 2.05) is 24.3 Å². The number of rotatable bonds is 3. The van der Waals surface area contributed by atoms with Crippen LogP contribution in [-0.4, -0.2) is 15.1 Å². The summed E-state index contributed by atoms with van der Waals surface area (Å²) in [4.78, 5) is 7.86. The van der Waals surface area contributed by atoms with Crippen LogP contribution >= 0.6 is 15.9 Å². The third-order valence-corrected chi connectivity index (χ3v) is 3.17. The highest BCUT2D eigenvalue weighted by Crippen LogP contribution is 2.24. The Labute approximate surface area is 109 Å². The highest BCUT2D eigenvalue weighted by atomic mass is 79.9. The molecular formula is C13H13BrN2O. The van der Waals surface area contributed by atoms with Crippen molar-refractivity contribution in [3.63, 3.8) is 0 Å². The second-order valence-corrected chi connectivity index (χ2v) is 5.12. The SMILES string of the molecule is CC(O)(Cc1ccc(Br)cc1)c1cncnc1. The lowest BCUT2D eigenvalue weighted by Gasteiger charge is -2.23. The molecular weight excluding hydrogens is 280 g/mol. The average molecular weight is 293 g/mol. The molecule has 3 nitrogen and oxygen atoms in total. The summed E-state index contributed by atoms with van der Waals surface area (Å²) >= 11 is 3.39. The molecule has 4 heteroatoms. The van der Waals surface area contributed by atoms with Crippen LogP contribution in [0.1, 0.15) is 18.1 Å². The Morgan fingerprint density at radius 1 is 1.18 bits per heavy atom. The van der Waals surface area contributed by atoms with Gasteiger partial charge in [0.15, 0.2) is 0 Å². The van der Waals surface area contributed by atoms with Gasteiger partial charge in [-0.25, -0.2) is 9.97 Å². The van der Waals surface area contributed by atoms with E-state index in [0.29, 0.717) is 6.42 Å². The van der Waals surface area contributed by atoms with E-state index in [1.165, 1.54) is 6.33 Å². The van der Waals surface area contributed by atoms with E-state index in [0.717, 1.165) is 15.6 Å². The summed E-state index contributed by atoms with van der Waals surface area (Å²) < 4.78 is 1.03. The maximum atomic E-state index is 10.4. The van der Waals surface area contributed by atoms with E-state index >= 15 is 0 Å². The van der Waals surface area contributed by atoms with Gasteiger partial charge in [0.2, 0.25) is 0 Å². The summed E-state index contributed by atoms with van der Waals surface area (Å²) in [6.07, 6.45) is 5.28. The molecule has 0 bridgehead atoms. The molecule has 0 spiro atoms. The Kier molecular flexibility index (Phi) is 3.54. The molecule has 0 amide bonds. The van der Waals surface area contributed by atoms with Gasteiger partial charge in [-0.3, -0.25) is 0 Å². The lowest BCUT2D eigenvalue weighted by molar-refractivity contribution is 0.0569. The Balaban J connectivity index is 2.20. The van der Waals surface area contributed by atoms with Crippen LogP contribution in [0.4, 0.5) is 0 Å². The maximum Gasteiger partial charge on any atom is 0.115 e. The molecule has 2 aromatic rings. The molecule has 2 rings (SSSR count). The van der Waals surface area contributed by atoms with Crippen LogP contribution in [0.15, 0.2) is 47.5 Å². The van der Waals surface area contributed by atoms with Crippen molar-refractivity contribution >= 4 is 15.9 Å². The summed E-state index contributed by atoms with van der Waals surface area (Å²) in [7, 11) is 0. The summed E-state index contributed by atoms with van der Waals surface area (Å²) in [5.41, 5.74) is 0.847. The van der Waals surface area contributed by atoms with Gasteiger partial charge in [0.05, 0.1) is 5.60 Å². The minimum Gasteiger partial charge on any atom is -0.385 e. The molecule has 0 aliphatic carbocycles. The van der Waals surface area contributed by atoms with Crippen molar-refractivity contribution in [2.24, 2.45) is 0 Å². The third kappa shape index (κ3) is 3.11. The van der Waals surface area contributed by atoms with E-state index < -0.39 is 5.60 Å². The molecule has 0 aliphatic heterocycles. The molecule has 0 radical (unpaired) electrons. The van der Waals surface area contributed by atoms with Gasteiger partial charge in [0.1, 0.15) is 6.33 Å². The van der Waals surface area contributed by atoms with E-state index in [4.69, 9.17) is 0 Å². The van der Waals surface area contributed by atoms with Crippen LogP contribution in [0.25, 0.3) is 0 Å². The molecule has 1 heterocycles. The Hall–Kier alpha value is -1.26. The molecule has 1 N–H and O–H groups in total. The highest BCUT2D eigenvalue weighted by Gasteiger charge is 2.24. The first-order valence-corrected chi connectivity index (χ1v) is 6.09. The van der Waals surface area contributed by atoms with Gasteiger partial charge >= 0.3 is 0 Å². The van der Waals surface area contributed by atoms with Crippen LogP contribution in [-0.2, 0) is 12.0 Å². The Morgan fingerprint density at radius 3 is 2.35 bits per heavy atom. The van der Waals surface area contributed by atoms with Gasteiger partial charge in [-0.2, -0.15) is 0 Å². The lowest BCUT2D eigenvalue weighted by atomic mass is 9.91. The zero-order chi connectivity index (χ0) is 12.3. The predicted octanol–water partition coefficient (Wildman–Crippen LogP) is 2.69. The molecule has 0 saturated carbocycles. The minimum absolute atomic E-state index is 0.535. The van der Waals surface area contributed by atoms with Gasteiger partial charge in [-0.1, -0.05) is 28.1 Å². The fraction of sp³-hybridized carbons (Fsp3) is 0.231. The fourth-order valence-corrected chi connectivity index (χ4v) is 1.94. The summed E-state index contributed by atoms with van der Waals surface area (Å²) in [6, 6.07) is 7.91. The molecule has 88 valence electrons. The van der Waals surface area contributed by atoms with Crippen molar-refractivity contribution in [1.29, 1.82) is 0 Å². The molecule has 0 fully saturated rings. The van der Waals surface area contributed by atoms with E-state index in [1.54, 1.807) is 19.3 Å². The van der Waals surface area contributed by atoms with Crippen molar-refractivity contribution in [1.82, 2.24) is 9.97 Å². The zero-order valence-corrected chi connectivity index (χ0v) is 11.1. The molecule has 17 heavy (non-hydrogen) atoms. The first-order chi connectivity index (χ1) is 8.08.